The van der Waals surface area contributed by atoms with Gasteiger partial charge in [-0.25, -0.2) is 10.9 Å². The highest BCUT2D eigenvalue weighted by molar-refractivity contribution is 8.00. The smallest absolute Gasteiger partial charge is 0.352 e. The molecule has 6 nitrogen and oxygen atoms in total. The van der Waals surface area contributed by atoms with Gasteiger partial charge >= 0.3 is 6.18 Å². The van der Waals surface area contributed by atoms with Gasteiger partial charge in [-0.2, -0.15) is 13.2 Å². The predicted octanol–water partition coefficient (Wildman–Crippen LogP) is 2.35. The Morgan fingerprint density at radius 2 is 2.03 bits per heavy atom. The summed E-state index contributed by atoms with van der Waals surface area (Å²) in [6.45, 7) is 3.01. The first-order chi connectivity index (χ1) is 13.6. The Morgan fingerprint density at radius 1 is 1.28 bits per heavy atom. The van der Waals surface area contributed by atoms with E-state index in [4.69, 9.17) is 11.6 Å². The van der Waals surface area contributed by atoms with Gasteiger partial charge < -0.3 is 5.32 Å². The van der Waals surface area contributed by atoms with Crippen LogP contribution >= 0.6 is 23.4 Å². The van der Waals surface area contributed by atoms with Crippen molar-refractivity contribution in [2.75, 3.05) is 13.7 Å². The summed E-state index contributed by atoms with van der Waals surface area (Å²) in [5.41, 5.74) is 6.58. The van der Waals surface area contributed by atoms with E-state index >= 15 is 0 Å². The molecule has 2 saturated heterocycles. The number of carbonyl (C=O) groups is 1. The number of thioether (sulfide) groups is 1. The Hall–Kier alpha value is -0.260. The largest absolute Gasteiger partial charge is 0.405 e. The molecule has 168 valence electrons. The van der Waals surface area contributed by atoms with Crippen LogP contribution in [0.3, 0.4) is 0 Å². The number of alkyl halides is 4. The zero-order valence-corrected chi connectivity index (χ0v) is 18.3. The minimum Gasteiger partial charge on any atom is -0.352 e. The molecule has 1 saturated carbocycles. The minimum absolute atomic E-state index is 0.0107. The topological polar surface area (TPSA) is 68.4 Å². The fourth-order valence-corrected chi connectivity index (χ4v) is 6.04. The normalized spacial score (nSPS) is 38.0. The molecule has 7 atom stereocenters. The highest BCUT2D eigenvalue weighted by Crippen LogP contribution is 2.35. The Balaban J connectivity index is 1.50. The average molecular weight is 458 g/mol. The van der Waals surface area contributed by atoms with Gasteiger partial charge in [0.15, 0.2) is 0 Å². The van der Waals surface area contributed by atoms with Gasteiger partial charge in [0, 0.05) is 11.3 Å². The van der Waals surface area contributed by atoms with E-state index in [-0.39, 0.29) is 23.9 Å². The van der Waals surface area contributed by atoms with Crippen molar-refractivity contribution in [3.05, 3.63) is 0 Å². The van der Waals surface area contributed by atoms with Crippen LogP contribution in [0.25, 0.3) is 0 Å². The van der Waals surface area contributed by atoms with E-state index in [0.29, 0.717) is 17.6 Å². The molecule has 3 aliphatic rings. The van der Waals surface area contributed by atoms with Crippen molar-refractivity contribution in [2.45, 2.75) is 85.9 Å². The van der Waals surface area contributed by atoms with E-state index < -0.39 is 23.6 Å². The number of rotatable bonds is 5. The van der Waals surface area contributed by atoms with E-state index in [1.165, 1.54) is 0 Å². The number of carbonyl (C=O) groups excluding carboxylic acids is 1. The van der Waals surface area contributed by atoms with E-state index in [2.05, 4.69) is 40.4 Å². The molecule has 1 aliphatic carbocycles. The Kier molecular flexibility index (Phi) is 8.00. The number of halogens is 4. The number of amides is 1. The van der Waals surface area contributed by atoms with Crippen molar-refractivity contribution in [1.82, 2.24) is 26.4 Å². The third-order valence-electron chi connectivity index (χ3n) is 6.17. The molecule has 0 aromatic carbocycles. The molecule has 0 bridgehead atoms. The van der Waals surface area contributed by atoms with Gasteiger partial charge in [-0.15, -0.1) is 23.4 Å². The summed E-state index contributed by atoms with van der Waals surface area (Å²) in [7, 11) is 2.05. The zero-order chi connectivity index (χ0) is 21.2. The van der Waals surface area contributed by atoms with Crippen LogP contribution in [0.5, 0.6) is 0 Å². The summed E-state index contributed by atoms with van der Waals surface area (Å²) in [6, 6.07) is -2.67. The van der Waals surface area contributed by atoms with E-state index in [0.717, 1.165) is 32.4 Å². The first-order valence-electron chi connectivity index (χ1n) is 10.3. The number of hydrazine groups is 1. The molecule has 29 heavy (non-hydrogen) atoms. The summed E-state index contributed by atoms with van der Waals surface area (Å²) >= 11 is 7.70. The van der Waals surface area contributed by atoms with Gasteiger partial charge in [0.25, 0.3) is 0 Å². The van der Waals surface area contributed by atoms with Crippen molar-refractivity contribution < 1.29 is 18.0 Å². The van der Waals surface area contributed by atoms with Gasteiger partial charge in [-0.3, -0.25) is 15.0 Å². The molecule has 0 radical (unpaired) electrons. The Morgan fingerprint density at radius 3 is 2.69 bits per heavy atom. The lowest BCUT2D eigenvalue weighted by Crippen LogP contribution is -2.61. The molecular formula is C18H31ClF3N5OS. The predicted molar refractivity (Wildman–Crippen MR) is 109 cm³/mol. The highest BCUT2D eigenvalue weighted by Gasteiger charge is 2.48. The van der Waals surface area contributed by atoms with Crippen LogP contribution in [0.2, 0.25) is 0 Å². The summed E-state index contributed by atoms with van der Waals surface area (Å²) in [5.74, 6) is 0.125. The molecule has 6 unspecified atom stereocenters. The molecule has 3 fully saturated rings. The SMILES string of the molecule is C[C@H](SC1NNCN1C)C1CCCC(NC(=O)C2CCC(Cl)C(C(F)(F)F)N2)C1. The minimum atomic E-state index is -4.45. The van der Waals surface area contributed by atoms with E-state index in [9.17, 15) is 18.0 Å². The van der Waals surface area contributed by atoms with Crippen molar-refractivity contribution in [2.24, 2.45) is 5.92 Å². The van der Waals surface area contributed by atoms with Crippen molar-refractivity contribution >= 4 is 29.3 Å². The highest BCUT2D eigenvalue weighted by atomic mass is 35.5. The molecule has 11 heteroatoms. The summed E-state index contributed by atoms with van der Waals surface area (Å²) in [5, 5.41) is 4.81. The van der Waals surface area contributed by atoms with Crippen LogP contribution in [-0.2, 0) is 4.79 Å². The second-order valence-electron chi connectivity index (χ2n) is 8.39. The molecule has 2 heterocycles. The number of hydrogen-bond donors (Lipinski definition) is 4. The van der Waals surface area contributed by atoms with Crippen LogP contribution in [0.4, 0.5) is 13.2 Å². The Bertz CT molecular complexity index is 572. The van der Waals surface area contributed by atoms with Crippen molar-refractivity contribution in [3.8, 4) is 0 Å². The monoisotopic (exact) mass is 457 g/mol. The van der Waals surface area contributed by atoms with Gasteiger partial charge in [0.05, 0.1) is 18.1 Å². The number of nitrogens with zero attached hydrogens (tertiary/aromatic N) is 1. The molecular weight excluding hydrogens is 427 g/mol. The number of nitrogens with one attached hydrogen (secondary N) is 4. The Labute approximate surface area is 179 Å². The molecule has 2 aliphatic heterocycles. The quantitative estimate of drug-likeness (QED) is 0.475. The first-order valence-corrected chi connectivity index (χ1v) is 11.6. The van der Waals surface area contributed by atoms with Crippen molar-refractivity contribution in [1.29, 1.82) is 0 Å². The van der Waals surface area contributed by atoms with Gasteiger partial charge in [0.2, 0.25) is 5.91 Å². The summed E-state index contributed by atoms with van der Waals surface area (Å²) in [4.78, 5) is 14.8. The second-order valence-corrected chi connectivity index (χ2v) is 10.4. The lowest BCUT2D eigenvalue weighted by molar-refractivity contribution is -0.163. The van der Waals surface area contributed by atoms with E-state index in [1.807, 2.05) is 11.8 Å². The number of hydrogen-bond acceptors (Lipinski definition) is 6. The molecule has 4 N–H and O–H groups in total. The molecule has 3 rings (SSSR count). The van der Waals surface area contributed by atoms with Gasteiger partial charge in [-0.1, -0.05) is 13.3 Å². The fraction of sp³-hybridized carbons (Fsp3) is 0.944. The third-order valence-corrected chi connectivity index (χ3v) is 8.19. The van der Waals surface area contributed by atoms with Crippen LogP contribution < -0.4 is 21.5 Å². The maximum atomic E-state index is 13.1. The van der Waals surface area contributed by atoms with Crippen LogP contribution in [0.15, 0.2) is 0 Å². The molecule has 0 aromatic rings. The second kappa shape index (κ2) is 9.91. The van der Waals surface area contributed by atoms with Crippen LogP contribution in [-0.4, -0.2) is 65.0 Å². The maximum absolute atomic E-state index is 13.1. The van der Waals surface area contributed by atoms with E-state index in [1.54, 1.807) is 0 Å². The first kappa shape index (κ1) is 23.4. The zero-order valence-electron chi connectivity index (χ0n) is 16.8. The summed E-state index contributed by atoms with van der Waals surface area (Å²) in [6.07, 6.45) is -0.108. The fourth-order valence-electron chi connectivity index (χ4n) is 4.39. The number of piperidine rings is 1. The van der Waals surface area contributed by atoms with Gasteiger partial charge in [-0.05, 0) is 45.1 Å². The van der Waals surface area contributed by atoms with Gasteiger partial charge in [0.1, 0.15) is 11.5 Å². The average Bonchev–Trinajstić information content (AvgIpc) is 3.06. The lowest BCUT2D eigenvalue weighted by Gasteiger charge is -2.37. The van der Waals surface area contributed by atoms with Crippen molar-refractivity contribution in [3.63, 3.8) is 0 Å². The molecule has 0 spiro atoms. The third kappa shape index (κ3) is 6.13. The lowest BCUT2D eigenvalue weighted by atomic mass is 9.83. The summed E-state index contributed by atoms with van der Waals surface area (Å²) < 4.78 is 39.4. The molecule has 0 aromatic heterocycles. The molecule has 1 amide bonds. The standard InChI is InChI=1S/C18H31ClF3N5OS/c1-10(29-17-26-23-9-27(17)2)11-4-3-5-12(8-11)24-16(28)14-7-6-13(19)15(25-14)18(20,21)22/h10-15,17,23,25-26H,3-9H2,1-2H3,(H,24,28)/t10-,11?,12?,13?,14?,15?,17?/m0/s1. The van der Waals surface area contributed by atoms with Crippen LogP contribution in [0.1, 0.15) is 45.4 Å². The maximum Gasteiger partial charge on any atom is 0.405 e. The van der Waals surface area contributed by atoms with Crippen LogP contribution in [0, 0.1) is 5.92 Å².